The van der Waals surface area contributed by atoms with Crippen molar-refractivity contribution >= 4 is 27.6 Å². The first kappa shape index (κ1) is 11.4. The number of carbonyl (C=O) groups excluding carboxylic acids is 1. The van der Waals surface area contributed by atoms with Gasteiger partial charge >= 0.3 is 6.09 Å². The van der Waals surface area contributed by atoms with E-state index >= 15 is 0 Å². The van der Waals surface area contributed by atoms with E-state index in [1.165, 1.54) is 0 Å². The van der Waals surface area contributed by atoms with Crippen LogP contribution in [-0.4, -0.2) is 41.8 Å². The molecule has 0 aromatic heterocycles. The molecule has 0 aliphatic carbocycles. The molecule has 1 fully saturated rings. The molecule has 2 rings (SSSR count). The Morgan fingerprint density at radius 1 is 1.69 bits per heavy atom. The van der Waals surface area contributed by atoms with Crippen LogP contribution in [0.2, 0.25) is 0 Å². The molecule has 0 bridgehead atoms. The topological polar surface area (TPSA) is 86.3 Å². The number of hydrogen-bond donors (Lipinski definition) is 2. The van der Waals surface area contributed by atoms with Crippen LogP contribution in [-0.2, 0) is 9.47 Å². The van der Waals surface area contributed by atoms with Crippen LogP contribution in [0.25, 0.3) is 0 Å². The summed E-state index contributed by atoms with van der Waals surface area (Å²) in [5.41, 5.74) is 6.81. The van der Waals surface area contributed by atoms with Gasteiger partial charge in [0.2, 0.25) is 0 Å². The molecule has 2 N–H and O–H groups in total. The summed E-state index contributed by atoms with van der Waals surface area (Å²) in [5.74, 6) is 0. The van der Waals surface area contributed by atoms with Crippen LogP contribution >= 0.6 is 10.9 Å². The van der Waals surface area contributed by atoms with E-state index in [-0.39, 0.29) is 23.1 Å². The molecule has 1 amide bonds. The van der Waals surface area contributed by atoms with Crippen LogP contribution < -0.4 is 5.73 Å². The Kier molecular flexibility index (Phi) is 3.45. The molecule has 2 heterocycles. The lowest BCUT2D eigenvalue weighted by Crippen LogP contribution is -2.37. The van der Waals surface area contributed by atoms with E-state index < -0.39 is 6.09 Å². The van der Waals surface area contributed by atoms with Crippen LogP contribution in [0.5, 0.6) is 0 Å². The lowest BCUT2D eigenvalue weighted by atomic mass is 10.1. The fraction of sp³-hybridized carbons (Fsp3) is 0.667. The predicted octanol–water partition coefficient (Wildman–Crippen LogP) is 0.616. The highest BCUT2D eigenvalue weighted by Gasteiger charge is 2.29. The summed E-state index contributed by atoms with van der Waals surface area (Å²) in [6.45, 7) is 0.385. The molecule has 7 heteroatoms. The summed E-state index contributed by atoms with van der Waals surface area (Å²) < 4.78 is 10.5. The summed E-state index contributed by atoms with van der Waals surface area (Å²) in [4.78, 5) is 10.6. The first-order valence-corrected chi connectivity index (χ1v) is 6.94. The minimum absolute atomic E-state index is 0.0198. The van der Waals surface area contributed by atoms with Gasteiger partial charge in [-0.15, -0.1) is 5.10 Å². The third kappa shape index (κ3) is 2.53. The molecule has 6 nitrogen and oxygen atoms in total. The van der Waals surface area contributed by atoms with Crippen molar-refractivity contribution in [2.45, 2.75) is 25.0 Å². The van der Waals surface area contributed by atoms with E-state index in [9.17, 15) is 4.79 Å². The summed E-state index contributed by atoms with van der Waals surface area (Å²) in [7, 11) is -0.381. The van der Waals surface area contributed by atoms with Crippen molar-refractivity contribution in [3.8, 4) is 0 Å². The first-order valence-electron chi connectivity index (χ1n) is 5.08. The zero-order chi connectivity index (χ0) is 11.5. The number of rotatable bonds is 2. The number of nitrogens with zero attached hydrogens (tertiary/aromatic N) is 2. The third-order valence-electron chi connectivity index (χ3n) is 2.55. The van der Waals surface area contributed by atoms with Crippen LogP contribution in [0.15, 0.2) is 10.2 Å². The highest BCUT2D eigenvalue weighted by molar-refractivity contribution is 8.40. The molecule has 0 aromatic rings. The minimum atomic E-state index is -0.744. The molecule has 0 spiro atoms. The average molecular weight is 245 g/mol. The van der Waals surface area contributed by atoms with Crippen molar-refractivity contribution in [3.05, 3.63) is 0 Å². The number of thiol groups is 1. The monoisotopic (exact) mass is 245 g/mol. The van der Waals surface area contributed by atoms with Gasteiger partial charge in [-0.25, -0.2) is 4.79 Å². The number of primary amides is 1. The van der Waals surface area contributed by atoms with Crippen molar-refractivity contribution in [1.29, 1.82) is 0 Å². The SMILES string of the molecule is C[SH]1C=NN=C1[C@@H]1CC[C@@H](OC(N)=O)CO1. The van der Waals surface area contributed by atoms with E-state index in [1.807, 2.05) is 5.55 Å². The molecular formula is C9H15N3O3S. The van der Waals surface area contributed by atoms with E-state index in [2.05, 4.69) is 16.5 Å². The van der Waals surface area contributed by atoms with E-state index in [0.717, 1.165) is 17.9 Å². The summed E-state index contributed by atoms with van der Waals surface area (Å²) in [5, 5.41) is 9.00. The Labute approximate surface area is 96.2 Å². The largest absolute Gasteiger partial charge is 0.444 e. The van der Waals surface area contributed by atoms with Gasteiger partial charge in [-0.2, -0.15) is 16.0 Å². The maximum Gasteiger partial charge on any atom is 0.404 e. The quantitative estimate of drug-likeness (QED) is 0.699. The van der Waals surface area contributed by atoms with Gasteiger partial charge < -0.3 is 15.2 Å². The molecule has 1 unspecified atom stereocenters. The second-order valence-corrected chi connectivity index (χ2v) is 5.67. The predicted molar refractivity (Wildman–Crippen MR) is 64.3 cm³/mol. The van der Waals surface area contributed by atoms with Gasteiger partial charge in [0.15, 0.2) is 0 Å². The van der Waals surface area contributed by atoms with Crippen LogP contribution in [0.4, 0.5) is 4.79 Å². The Bertz CT molecular complexity index is 337. The van der Waals surface area contributed by atoms with Crippen molar-refractivity contribution < 1.29 is 14.3 Å². The van der Waals surface area contributed by atoms with Crippen LogP contribution in [0, 0.1) is 0 Å². The maximum absolute atomic E-state index is 10.6. The summed E-state index contributed by atoms with van der Waals surface area (Å²) >= 11 is 0. The molecule has 90 valence electrons. The molecule has 16 heavy (non-hydrogen) atoms. The lowest BCUT2D eigenvalue weighted by Gasteiger charge is -2.29. The standard InChI is InChI=1S/C9H15N3O3S/c1-16-5-11-12-8(16)7-3-2-6(4-14-7)15-9(10)13/h5-7,16H,2-4H2,1H3,(H2,10,13)/t6-,7+/m1/s1. The molecular weight excluding hydrogens is 230 g/mol. The normalized spacial score (nSPS) is 35.8. The number of hydrogen-bond acceptors (Lipinski definition) is 5. The molecule has 0 aromatic carbocycles. The molecule has 0 saturated carbocycles. The highest BCUT2D eigenvalue weighted by atomic mass is 32.2. The Hall–Kier alpha value is -1.08. The highest BCUT2D eigenvalue weighted by Crippen LogP contribution is 2.31. The summed E-state index contributed by atoms with van der Waals surface area (Å²) in [6, 6.07) is 0. The van der Waals surface area contributed by atoms with Crippen LogP contribution in [0.3, 0.4) is 0 Å². The number of ether oxygens (including phenoxy) is 2. The van der Waals surface area contributed by atoms with E-state index in [4.69, 9.17) is 15.2 Å². The average Bonchev–Trinajstić information content (AvgIpc) is 2.65. The second kappa shape index (κ2) is 4.84. The summed E-state index contributed by atoms with van der Waals surface area (Å²) in [6.07, 6.45) is 2.71. The van der Waals surface area contributed by atoms with Gasteiger partial charge in [-0.1, -0.05) is 0 Å². The number of carbonyl (C=O) groups is 1. The molecule has 1 saturated heterocycles. The Morgan fingerprint density at radius 2 is 2.50 bits per heavy atom. The zero-order valence-corrected chi connectivity index (χ0v) is 9.89. The minimum Gasteiger partial charge on any atom is -0.444 e. The first-order chi connectivity index (χ1) is 7.66. The van der Waals surface area contributed by atoms with Gasteiger partial charge in [0, 0.05) is 0 Å². The van der Waals surface area contributed by atoms with Gasteiger partial charge in [0.25, 0.3) is 0 Å². The number of nitrogens with two attached hydrogens (primary N) is 1. The molecule has 3 atom stereocenters. The maximum atomic E-state index is 10.6. The van der Waals surface area contributed by atoms with E-state index in [0.29, 0.717) is 6.61 Å². The zero-order valence-electron chi connectivity index (χ0n) is 9.00. The molecule has 2 aliphatic rings. The van der Waals surface area contributed by atoms with Crippen molar-refractivity contribution in [3.63, 3.8) is 0 Å². The van der Waals surface area contributed by atoms with Crippen molar-refractivity contribution in [2.24, 2.45) is 15.9 Å². The van der Waals surface area contributed by atoms with Crippen LogP contribution in [0.1, 0.15) is 12.8 Å². The van der Waals surface area contributed by atoms with Gasteiger partial charge in [-0.3, -0.25) is 0 Å². The second-order valence-electron chi connectivity index (χ2n) is 3.76. The molecule has 0 radical (unpaired) electrons. The van der Waals surface area contributed by atoms with Gasteiger partial charge in [0.1, 0.15) is 17.3 Å². The van der Waals surface area contributed by atoms with Crippen molar-refractivity contribution in [1.82, 2.24) is 0 Å². The fourth-order valence-corrected chi connectivity index (χ4v) is 2.95. The third-order valence-corrected chi connectivity index (χ3v) is 4.10. The van der Waals surface area contributed by atoms with E-state index in [1.54, 1.807) is 0 Å². The van der Waals surface area contributed by atoms with Gasteiger partial charge in [-0.05, 0) is 19.1 Å². The fourth-order valence-electron chi connectivity index (χ4n) is 1.77. The van der Waals surface area contributed by atoms with Crippen molar-refractivity contribution in [2.75, 3.05) is 12.9 Å². The molecule has 2 aliphatic heterocycles. The smallest absolute Gasteiger partial charge is 0.404 e. The lowest BCUT2D eigenvalue weighted by molar-refractivity contribution is -0.0330. The Morgan fingerprint density at radius 3 is 3.00 bits per heavy atom. The number of amides is 1. The van der Waals surface area contributed by atoms with Gasteiger partial charge in [0.05, 0.1) is 12.2 Å². The Balaban J connectivity index is 1.84.